The number of hydrogen-bond acceptors (Lipinski definition) is 5. The molecule has 2 heterocycles. The smallest absolute Gasteiger partial charge is 0.357 e. The van der Waals surface area contributed by atoms with Crippen molar-refractivity contribution in [3.63, 3.8) is 0 Å². The van der Waals surface area contributed by atoms with Gasteiger partial charge < -0.3 is 10.1 Å². The van der Waals surface area contributed by atoms with Crippen LogP contribution in [0, 0.1) is 0 Å². The molecule has 0 aliphatic heterocycles. The molecule has 29 heavy (non-hydrogen) atoms. The number of hydrogen-bond donors (Lipinski definition) is 1. The monoisotopic (exact) mass is 409 g/mol. The van der Waals surface area contributed by atoms with E-state index in [9.17, 15) is 9.59 Å². The number of nitrogens with zero attached hydrogens (tertiary/aromatic N) is 2. The predicted molar refractivity (Wildman–Crippen MR) is 112 cm³/mol. The van der Waals surface area contributed by atoms with Crippen LogP contribution < -0.4 is 5.32 Å². The molecule has 0 radical (unpaired) electrons. The molecule has 150 valence electrons. The largest absolute Gasteiger partial charge is 0.448 e. The Kier molecular flexibility index (Phi) is 5.76. The summed E-state index contributed by atoms with van der Waals surface area (Å²) in [5.74, 6) is -0.826. The molecule has 1 atom stereocenters. The number of nitrogens with one attached hydrogen (secondary N) is 1. The molecule has 0 saturated heterocycles. The molecule has 4 rings (SSSR count). The highest BCUT2D eigenvalue weighted by molar-refractivity contribution is 7.13. The van der Waals surface area contributed by atoms with Crippen LogP contribution in [-0.4, -0.2) is 33.8 Å². The summed E-state index contributed by atoms with van der Waals surface area (Å²) in [5, 5.41) is 9.54. The fraction of sp³-hybridized carbons (Fsp3) is 0.318. The summed E-state index contributed by atoms with van der Waals surface area (Å²) >= 11 is 1.55. The van der Waals surface area contributed by atoms with Gasteiger partial charge in [-0.25, -0.2) is 9.48 Å². The fourth-order valence-corrected chi connectivity index (χ4v) is 4.18. The molecular formula is C22H23N3O3S. The van der Waals surface area contributed by atoms with Crippen molar-refractivity contribution in [2.75, 3.05) is 0 Å². The van der Waals surface area contributed by atoms with E-state index in [-0.39, 0.29) is 11.9 Å². The molecule has 1 fully saturated rings. The van der Waals surface area contributed by atoms with Gasteiger partial charge >= 0.3 is 5.97 Å². The van der Waals surface area contributed by atoms with Crippen LogP contribution in [0.5, 0.6) is 0 Å². The Labute approximate surface area is 173 Å². The maximum absolute atomic E-state index is 12.9. The molecule has 0 spiro atoms. The zero-order valence-corrected chi connectivity index (χ0v) is 17.0. The van der Waals surface area contributed by atoms with Gasteiger partial charge in [0.2, 0.25) is 0 Å². The summed E-state index contributed by atoms with van der Waals surface area (Å²) in [7, 11) is 0. The van der Waals surface area contributed by atoms with E-state index in [1.54, 1.807) is 29.0 Å². The Morgan fingerprint density at radius 2 is 1.93 bits per heavy atom. The minimum Gasteiger partial charge on any atom is -0.448 e. The molecule has 1 saturated carbocycles. The molecule has 1 aliphatic rings. The number of ether oxygens (including phenoxy) is 1. The van der Waals surface area contributed by atoms with Gasteiger partial charge in [0.25, 0.3) is 5.91 Å². The minimum atomic E-state index is -0.868. The highest BCUT2D eigenvalue weighted by Gasteiger charge is 2.26. The Morgan fingerprint density at radius 3 is 2.62 bits per heavy atom. The lowest BCUT2D eigenvalue weighted by Gasteiger charge is -2.17. The van der Waals surface area contributed by atoms with Gasteiger partial charge in [0.15, 0.2) is 11.8 Å². The van der Waals surface area contributed by atoms with Crippen LogP contribution in [0.1, 0.15) is 43.1 Å². The molecule has 1 N–H and O–H groups in total. The van der Waals surface area contributed by atoms with Gasteiger partial charge in [0.1, 0.15) is 5.69 Å². The van der Waals surface area contributed by atoms with Crippen molar-refractivity contribution in [3.8, 4) is 16.3 Å². The van der Waals surface area contributed by atoms with Crippen LogP contribution in [0.2, 0.25) is 0 Å². The van der Waals surface area contributed by atoms with Gasteiger partial charge in [-0.1, -0.05) is 37.1 Å². The summed E-state index contributed by atoms with van der Waals surface area (Å²) in [6.07, 6.45) is 3.35. The number of aromatic nitrogens is 2. The highest BCUT2D eigenvalue weighted by Crippen LogP contribution is 2.26. The van der Waals surface area contributed by atoms with Crippen molar-refractivity contribution in [1.82, 2.24) is 15.1 Å². The number of amides is 1. The number of thiophene rings is 1. The number of benzene rings is 1. The van der Waals surface area contributed by atoms with Crippen molar-refractivity contribution in [2.45, 2.75) is 44.8 Å². The molecule has 1 aliphatic carbocycles. The zero-order chi connectivity index (χ0) is 20.2. The molecular weight excluding hydrogens is 386 g/mol. The third kappa shape index (κ3) is 4.40. The molecule has 6 nitrogen and oxygen atoms in total. The first-order valence-corrected chi connectivity index (χ1v) is 10.7. The topological polar surface area (TPSA) is 73.2 Å². The van der Waals surface area contributed by atoms with Crippen molar-refractivity contribution in [1.29, 1.82) is 0 Å². The Morgan fingerprint density at radius 1 is 1.17 bits per heavy atom. The molecule has 0 unspecified atom stereocenters. The zero-order valence-electron chi connectivity index (χ0n) is 16.2. The lowest BCUT2D eigenvalue weighted by atomic mass is 10.2. The maximum Gasteiger partial charge on any atom is 0.357 e. The highest BCUT2D eigenvalue weighted by atomic mass is 32.1. The minimum absolute atomic E-state index is 0.184. The summed E-state index contributed by atoms with van der Waals surface area (Å²) < 4.78 is 7.06. The van der Waals surface area contributed by atoms with E-state index in [1.807, 2.05) is 47.8 Å². The van der Waals surface area contributed by atoms with E-state index in [2.05, 4.69) is 10.4 Å². The van der Waals surface area contributed by atoms with Crippen molar-refractivity contribution >= 4 is 23.2 Å². The fourth-order valence-electron chi connectivity index (χ4n) is 3.50. The second kappa shape index (κ2) is 8.61. The molecule has 7 heteroatoms. The van der Waals surface area contributed by atoms with Crippen molar-refractivity contribution in [3.05, 3.63) is 59.6 Å². The second-order valence-electron chi connectivity index (χ2n) is 7.18. The average molecular weight is 410 g/mol. The van der Waals surface area contributed by atoms with Crippen LogP contribution in [0.4, 0.5) is 0 Å². The van der Waals surface area contributed by atoms with Crippen molar-refractivity contribution in [2.24, 2.45) is 0 Å². The van der Waals surface area contributed by atoms with Gasteiger partial charge in [-0.15, -0.1) is 11.3 Å². The Bertz CT molecular complexity index is 976. The van der Waals surface area contributed by atoms with Crippen LogP contribution in [-0.2, 0) is 9.53 Å². The van der Waals surface area contributed by atoms with Gasteiger partial charge in [-0.3, -0.25) is 4.79 Å². The number of para-hydroxylation sites is 1. The summed E-state index contributed by atoms with van der Waals surface area (Å²) in [4.78, 5) is 26.3. The van der Waals surface area contributed by atoms with E-state index >= 15 is 0 Å². The first-order valence-electron chi connectivity index (χ1n) is 9.82. The summed E-state index contributed by atoms with van der Waals surface area (Å²) in [6.45, 7) is 1.60. The average Bonchev–Trinajstić information content (AvgIpc) is 3.49. The molecule has 3 aromatic rings. The van der Waals surface area contributed by atoms with E-state index < -0.39 is 12.1 Å². The predicted octanol–water partition coefficient (Wildman–Crippen LogP) is 4.20. The number of esters is 1. The van der Waals surface area contributed by atoms with Gasteiger partial charge in [-0.05, 0) is 43.3 Å². The summed E-state index contributed by atoms with van der Waals surface area (Å²) in [6, 6.07) is 15.2. The lowest BCUT2D eigenvalue weighted by Crippen LogP contribution is -2.41. The van der Waals surface area contributed by atoms with Crippen molar-refractivity contribution < 1.29 is 14.3 Å². The summed E-state index contributed by atoms with van der Waals surface area (Å²) in [5.41, 5.74) is 1.74. The first kappa shape index (κ1) is 19.4. The third-order valence-electron chi connectivity index (χ3n) is 5.05. The van der Waals surface area contributed by atoms with E-state index in [0.29, 0.717) is 11.4 Å². The third-order valence-corrected chi connectivity index (χ3v) is 5.94. The molecule has 1 aromatic carbocycles. The Hall–Kier alpha value is -2.93. The molecule has 2 aromatic heterocycles. The van der Waals surface area contributed by atoms with E-state index in [0.717, 1.165) is 36.2 Å². The van der Waals surface area contributed by atoms with Gasteiger partial charge in [0, 0.05) is 12.1 Å². The lowest BCUT2D eigenvalue weighted by molar-refractivity contribution is -0.129. The number of rotatable bonds is 6. The maximum atomic E-state index is 12.9. The van der Waals surface area contributed by atoms with E-state index in [1.165, 1.54) is 0 Å². The van der Waals surface area contributed by atoms with E-state index in [4.69, 9.17) is 4.74 Å². The normalized spacial score (nSPS) is 15.2. The van der Waals surface area contributed by atoms with Gasteiger partial charge in [0.05, 0.1) is 10.6 Å². The number of carbonyl (C=O) groups is 2. The quantitative estimate of drug-likeness (QED) is 0.619. The van der Waals surface area contributed by atoms with Crippen LogP contribution in [0.25, 0.3) is 16.3 Å². The SMILES string of the molecule is C[C@H](OC(=O)c1cc(-c2cccs2)nn1-c1ccccc1)C(=O)NC1CCCC1. The Balaban J connectivity index is 1.56. The molecule has 1 amide bonds. The van der Waals surface area contributed by atoms with Gasteiger partial charge in [-0.2, -0.15) is 5.10 Å². The van der Waals surface area contributed by atoms with Crippen LogP contribution in [0.15, 0.2) is 53.9 Å². The van der Waals surface area contributed by atoms with Crippen LogP contribution in [0.3, 0.4) is 0 Å². The second-order valence-corrected chi connectivity index (χ2v) is 8.12. The van der Waals surface area contributed by atoms with Crippen LogP contribution >= 0.6 is 11.3 Å². The standard InChI is InChI=1S/C22H23N3O3S/c1-15(21(26)23-16-8-5-6-9-16)28-22(27)19-14-18(20-12-7-13-29-20)24-25(19)17-10-3-2-4-11-17/h2-4,7,10-16H,5-6,8-9H2,1H3,(H,23,26)/t15-/m0/s1. The first-order chi connectivity index (χ1) is 14.1. The molecule has 0 bridgehead atoms. The number of carbonyl (C=O) groups excluding carboxylic acids is 2.